The van der Waals surface area contributed by atoms with Gasteiger partial charge in [-0.2, -0.15) is 10.2 Å². The molecule has 0 N–H and O–H groups in total. The van der Waals surface area contributed by atoms with Gasteiger partial charge in [-0.15, -0.1) is 5.10 Å². The maximum absolute atomic E-state index is 14.4. The minimum absolute atomic E-state index is 0.0969. The molecule has 8 heteroatoms. The molecule has 160 valence electrons. The van der Waals surface area contributed by atoms with Crippen molar-refractivity contribution in [2.24, 2.45) is 7.05 Å². The van der Waals surface area contributed by atoms with Gasteiger partial charge in [0.05, 0.1) is 35.4 Å². The minimum Gasteiger partial charge on any atom is -0.363 e. The number of benzene rings is 1. The SMILES string of the molecule is Cc1nnc2cc1N1CCCC[C@@H]1c1cc(F)ccc1C(=O)N(C)Cc1nn(C)cc1-2. The fraction of sp³-hybridized carbons (Fsp3) is 0.391. The van der Waals surface area contributed by atoms with E-state index in [1.807, 2.05) is 20.2 Å². The summed E-state index contributed by atoms with van der Waals surface area (Å²) in [7, 11) is 3.61. The molecule has 1 fully saturated rings. The first kappa shape index (κ1) is 19.7. The van der Waals surface area contributed by atoms with E-state index in [2.05, 4.69) is 26.3 Å². The van der Waals surface area contributed by atoms with Gasteiger partial charge in [0.2, 0.25) is 0 Å². The summed E-state index contributed by atoms with van der Waals surface area (Å²) >= 11 is 0. The Balaban J connectivity index is 1.78. The molecule has 0 spiro atoms. The summed E-state index contributed by atoms with van der Waals surface area (Å²) in [6.07, 6.45) is 4.82. The number of anilines is 1. The Kier molecular flexibility index (Phi) is 4.72. The van der Waals surface area contributed by atoms with Crippen LogP contribution >= 0.6 is 0 Å². The molecule has 7 nitrogen and oxygen atoms in total. The predicted molar refractivity (Wildman–Crippen MR) is 115 cm³/mol. The van der Waals surface area contributed by atoms with Gasteiger partial charge in [-0.05, 0) is 56.0 Å². The summed E-state index contributed by atoms with van der Waals surface area (Å²) in [5.41, 5.74) is 5.41. The standard InChI is InChI=1S/C23H25FN6O/c1-14-22-11-19(26-25-14)18-12-29(3)27-20(18)13-28(2)23(31)16-8-7-15(24)10-17(16)21-6-4-5-9-30(21)22/h7-8,10-12,21H,4-6,9,13H2,1-3H3/t21-/m1/s1. The highest BCUT2D eigenvalue weighted by molar-refractivity contribution is 5.96. The van der Waals surface area contributed by atoms with E-state index in [4.69, 9.17) is 0 Å². The van der Waals surface area contributed by atoms with Crippen molar-refractivity contribution in [1.82, 2.24) is 24.9 Å². The van der Waals surface area contributed by atoms with Crippen molar-refractivity contribution in [2.75, 3.05) is 18.5 Å². The molecule has 4 heterocycles. The molecule has 0 saturated carbocycles. The number of fused-ring (bicyclic) bond motifs is 8. The Hall–Kier alpha value is -3.29. The molecule has 31 heavy (non-hydrogen) atoms. The number of aryl methyl sites for hydroxylation is 2. The molecule has 2 bridgehead atoms. The molecule has 2 aromatic heterocycles. The van der Waals surface area contributed by atoms with Crippen LogP contribution in [-0.2, 0) is 13.6 Å². The maximum atomic E-state index is 14.4. The van der Waals surface area contributed by atoms with Crippen molar-refractivity contribution < 1.29 is 9.18 Å². The van der Waals surface area contributed by atoms with E-state index in [1.165, 1.54) is 12.1 Å². The molecule has 1 saturated heterocycles. The van der Waals surface area contributed by atoms with Crippen molar-refractivity contribution >= 4 is 11.6 Å². The summed E-state index contributed by atoms with van der Waals surface area (Å²) in [6.45, 7) is 3.08. The number of piperidine rings is 1. The van der Waals surface area contributed by atoms with Crippen LogP contribution in [0.4, 0.5) is 10.1 Å². The fourth-order valence-corrected chi connectivity index (χ4v) is 4.78. The second-order valence-corrected chi connectivity index (χ2v) is 8.46. The van der Waals surface area contributed by atoms with Crippen molar-refractivity contribution in [2.45, 2.75) is 38.8 Å². The van der Waals surface area contributed by atoms with E-state index >= 15 is 0 Å². The molecule has 1 amide bonds. The van der Waals surface area contributed by atoms with Crippen molar-refractivity contribution in [3.8, 4) is 11.3 Å². The first-order valence-corrected chi connectivity index (χ1v) is 10.6. The van der Waals surface area contributed by atoms with Crippen molar-refractivity contribution in [3.63, 3.8) is 0 Å². The second kappa shape index (κ2) is 7.44. The zero-order chi connectivity index (χ0) is 21.7. The Labute approximate surface area is 180 Å². The average molecular weight is 420 g/mol. The molecule has 0 unspecified atom stereocenters. The lowest BCUT2D eigenvalue weighted by Crippen LogP contribution is -2.36. The normalized spacial score (nSPS) is 18.6. The third-order valence-electron chi connectivity index (χ3n) is 6.28. The summed E-state index contributed by atoms with van der Waals surface area (Å²) in [5.74, 6) is -0.465. The monoisotopic (exact) mass is 420 g/mol. The highest BCUT2D eigenvalue weighted by atomic mass is 19.1. The van der Waals surface area contributed by atoms with Crippen LogP contribution in [0.15, 0.2) is 30.5 Å². The number of carbonyl (C=O) groups excluding carboxylic acids is 1. The number of hydrogen-bond donors (Lipinski definition) is 0. The number of halogens is 1. The van der Waals surface area contributed by atoms with Crippen LogP contribution in [0, 0.1) is 12.7 Å². The van der Waals surface area contributed by atoms with Crippen LogP contribution < -0.4 is 4.90 Å². The van der Waals surface area contributed by atoms with Gasteiger partial charge in [-0.3, -0.25) is 9.48 Å². The van der Waals surface area contributed by atoms with Crippen LogP contribution in [0.5, 0.6) is 0 Å². The Morgan fingerprint density at radius 1 is 1.10 bits per heavy atom. The summed E-state index contributed by atoms with van der Waals surface area (Å²) in [6, 6.07) is 6.47. The number of carbonyl (C=O) groups is 1. The third-order valence-corrected chi connectivity index (χ3v) is 6.28. The minimum atomic E-state index is -0.330. The van der Waals surface area contributed by atoms with Gasteiger partial charge in [-0.1, -0.05) is 0 Å². The summed E-state index contributed by atoms with van der Waals surface area (Å²) in [4.78, 5) is 17.4. The highest BCUT2D eigenvalue weighted by Crippen LogP contribution is 2.39. The molecule has 1 aromatic carbocycles. The zero-order valence-corrected chi connectivity index (χ0v) is 18.0. The number of rotatable bonds is 0. The number of amides is 1. The van der Waals surface area contributed by atoms with Crippen LogP contribution in [0.25, 0.3) is 11.3 Å². The van der Waals surface area contributed by atoms with Crippen LogP contribution in [-0.4, -0.2) is 44.4 Å². The average Bonchev–Trinajstić information content (AvgIpc) is 3.13. The Morgan fingerprint density at radius 3 is 2.77 bits per heavy atom. The lowest BCUT2D eigenvalue weighted by molar-refractivity contribution is 0.0781. The highest BCUT2D eigenvalue weighted by Gasteiger charge is 2.31. The third kappa shape index (κ3) is 3.36. The second-order valence-electron chi connectivity index (χ2n) is 8.46. The topological polar surface area (TPSA) is 67.2 Å². The first-order chi connectivity index (χ1) is 14.9. The zero-order valence-electron chi connectivity index (χ0n) is 18.0. The summed E-state index contributed by atoms with van der Waals surface area (Å²) < 4.78 is 16.1. The molecule has 0 radical (unpaired) electrons. The molecular formula is C23H25FN6O. The van der Waals surface area contributed by atoms with E-state index in [-0.39, 0.29) is 17.8 Å². The van der Waals surface area contributed by atoms with E-state index < -0.39 is 0 Å². The maximum Gasteiger partial charge on any atom is 0.254 e. The number of hydrogen-bond acceptors (Lipinski definition) is 5. The molecule has 2 aliphatic rings. The quantitative estimate of drug-likeness (QED) is 0.556. The van der Waals surface area contributed by atoms with E-state index in [0.717, 1.165) is 59.7 Å². The lowest BCUT2D eigenvalue weighted by Gasteiger charge is -2.39. The molecule has 5 rings (SSSR count). The smallest absolute Gasteiger partial charge is 0.254 e. The van der Waals surface area contributed by atoms with Gasteiger partial charge in [0.25, 0.3) is 5.91 Å². The predicted octanol–water partition coefficient (Wildman–Crippen LogP) is 3.64. The van der Waals surface area contributed by atoms with E-state index in [1.54, 1.807) is 22.7 Å². The molecule has 2 aliphatic heterocycles. The lowest BCUT2D eigenvalue weighted by atomic mass is 9.90. The largest absolute Gasteiger partial charge is 0.363 e. The van der Waals surface area contributed by atoms with Gasteiger partial charge >= 0.3 is 0 Å². The van der Waals surface area contributed by atoms with Crippen molar-refractivity contribution in [1.29, 1.82) is 0 Å². The van der Waals surface area contributed by atoms with Gasteiger partial charge in [-0.25, -0.2) is 4.39 Å². The van der Waals surface area contributed by atoms with Crippen molar-refractivity contribution in [3.05, 3.63) is 58.8 Å². The van der Waals surface area contributed by atoms with Gasteiger partial charge in [0.15, 0.2) is 0 Å². The number of nitrogens with zero attached hydrogens (tertiary/aromatic N) is 6. The van der Waals surface area contributed by atoms with Gasteiger partial charge < -0.3 is 9.80 Å². The molecule has 1 atom stereocenters. The summed E-state index contributed by atoms with van der Waals surface area (Å²) in [5, 5.41) is 13.5. The van der Waals surface area contributed by atoms with Gasteiger partial charge in [0, 0.05) is 38.0 Å². The Bertz CT molecular complexity index is 1170. The molecule has 3 aromatic rings. The van der Waals surface area contributed by atoms with Crippen LogP contribution in [0.3, 0.4) is 0 Å². The first-order valence-electron chi connectivity index (χ1n) is 10.6. The fourth-order valence-electron chi connectivity index (χ4n) is 4.78. The van der Waals surface area contributed by atoms with Crippen LogP contribution in [0.2, 0.25) is 0 Å². The molecular weight excluding hydrogens is 395 g/mol. The van der Waals surface area contributed by atoms with E-state index in [9.17, 15) is 9.18 Å². The van der Waals surface area contributed by atoms with Crippen LogP contribution in [0.1, 0.15) is 52.6 Å². The van der Waals surface area contributed by atoms with E-state index in [0.29, 0.717) is 12.1 Å². The Morgan fingerprint density at radius 2 is 1.94 bits per heavy atom. The van der Waals surface area contributed by atoms with Gasteiger partial charge in [0.1, 0.15) is 5.82 Å². The molecule has 0 aliphatic carbocycles. The number of aromatic nitrogens is 4.